The van der Waals surface area contributed by atoms with Crippen LogP contribution >= 0.6 is 0 Å². The smallest absolute Gasteiger partial charge is 0.287 e. The molecule has 14 heavy (non-hydrogen) atoms. The first-order valence-electron chi connectivity index (χ1n) is 4.24. The van der Waals surface area contributed by atoms with E-state index in [1.54, 1.807) is 19.1 Å². The molecule has 0 unspecified atom stereocenters. The van der Waals surface area contributed by atoms with Crippen LogP contribution < -0.4 is 11.1 Å². The van der Waals surface area contributed by atoms with E-state index in [0.717, 1.165) is 0 Å². The van der Waals surface area contributed by atoms with Gasteiger partial charge in [0.2, 0.25) is 0 Å². The molecule has 0 aromatic carbocycles. The molecule has 0 radical (unpaired) electrons. The number of hydrogen-bond acceptors (Lipinski definition) is 3. The number of carbonyl (C=O) groups excluding carboxylic acids is 1. The van der Waals surface area contributed by atoms with Crippen LogP contribution in [0.15, 0.2) is 16.5 Å². The Morgan fingerprint density at radius 3 is 3.00 bits per heavy atom. The van der Waals surface area contributed by atoms with Crippen LogP contribution in [0.5, 0.6) is 0 Å². The molecule has 74 valence electrons. The first kappa shape index (κ1) is 10.4. The fourth-order valence-electron chi connectivity index (χ4n) is 0.910. The summed E-state index contributed by atoms with van der Waals surface area (Å²) in [5, 5.41) is 2.59. The molecule has 0 fully saturated rings. The van der Waals surface area contributed by atoms with Gasteiger partial charge in [0.15, 0.2) is 5.76 Å². The third kappa shape index (κ3) is 2.64. The molecule has 0 atom stereocenters. The van der Waals surface area contributed by atoms with Crippen molar-refractivity contribution in [2.75, 3.05) is 6.54 Å². The number of carbonyl (C=O) groups is 1. The molecule has 1 aromatic heterocycles. The number of hydrogen-bond donors (Lipinski definition) is 2. The van der Waals surface area contributed by atoms with Gasteiger partial charge in [0.1, 0.15) is 5.76 Å². The van der Waals surface area contributed by atoms with Crippen molar-refractivity contribution in [2.24, 2.45) is 5.73 Å². The highest BCUT2D eigenvalue weighted by atomic mass is 16.4. The molecule has 4 nitrogen and oxygen atoms in total. The van der Waals surface area contributed by atoms with Crippen LogP contribution in [0.25, 0.3) is 0 Å². The molecular formula is C10H12N2O2. The normalized spacial score (nSPS) is 9.00. The van der Waals surface area contributed by atoms with E-state index >= 15 is 0 Å². The minimum absolute atomic E-state index is 0.267. The Balaban J connectivity index is 2.54. The molecule has 0 saturated heterocycles. The molecule has 4 heteroatoms. The first-order valence-corrected chi connectivity index (χ1v) is 4.24. The fraction of sp³-hybridized carbons (Fsp3) is 0.300. The van der Waals surface area contributed by atoms with Crippen molar-refractivity contribution in [3.8, 4) is 11.8 Å². The van der Waals surface area contributed by atoms with Crippen molar-refractivity contribution in [3.05, 3.63) is 23.7 Å². The number of rotatable bonds is 3. The fourth-order valence-corrected chi connectivity index (χ4v) is 0.910. The van der Waals surface area contributed by atoms with Crippen molar-refractivity contribution < 1.29 is 9.21 Å². The van der Waals surface area contributed by atoms with Gasteiger partial charge in [0, 0.05) is 0 Å². The summed E-state index contributed by atoms with van der Waals surface area (Å²) in [6.45, 7) is 2.33. The quantitative estimate of drug-likeness (QED) is 0.685. The van der Waals surface area contributed by atoms with Crippen LogP contribution in [-0.2, 0) is 6.54 Å². The van der Waals surface area contributed by atoms with E-state index < -0.39 is 0 Å². The Hall–Kier alpha value is -1.73. The predicted molar refractivity (Wildman–Crippen MR) is 52.4 cm³/mol. The van der Waals surface area contributed by atoms with Crippen molar-refractivity contribution in [1.82, 2.24) is 5.32 Å². The summed E-state index contributed by atoms with van der Waals surface area (Å²) in [6.07, 6.45) is 0. The Morgan fingerprint density at radius 1 is 1.64 bits per heavy atom. The van der Waals surface area contributed by atoms with Crippen LogP contribution in [0.2, 0.25) is 0 Å². The van der Waals surface area contributed by atoms with Gasteiger partial charge in [0.05, 0.1) is 13.1 Å². The zero-order chi connectivity index (χ0) is 10.4. The van der Waals surface area contributed by atoms with Gasteiger partial charge in [0.25, 0.3) is 5.91 Å². The third-order valence-corrected chi connectivity index (χ3v) is 1.60. The van der Waals surface area contributed by atoms with Gasteiger partial charge in [-0.05, 0) is 19.1 Å². The molecular weight excluding hydrogens is 180 g/mol. The van der Waals surface area contributed by atoms with E-state index in [0.29, 0.717) is 18.8 Å². The number of nitrogens with one attached hydrogen (secondary N) is 1. The lowest BCUT2D eigenvalue weighted by molar-refractivity contribution is 0.0929. The third-order valence-electron chi connectivity index (χ3n) is 1.60. The van der Waals surface area contributed by atoms with E-state index in [1.165, 1.54) is 0 Å². The summed E-state index contributed by atoms with van der Waals surface area (Å²) in [5.74, 6) is 5.99. The molecule has 0 bridgehead atoms. The topological polar surface area (TPSA) is 68.3 Å². The van der Waals surface area contributed by atoms with Crippen molar-refractivity contribution in [3.63, 3.8) is 0 Å². The predicted octanol–water partition coefficient (Wildman–Crippen LogP) is 0.491. The summed E-state index contributed by atoms with van der Waals surface area (Å²) in [5.41, 5.74) is 5.34. The van der Waals surface area contributed by atoms with Crippen LogP contribution in [0.1, 0.15) is 23.2 Å². The van der Waals surface area contributed by atoms with Crippen molar-refractivity contribution >= 4 is 5.91 Å². The number of amides is 1. The summed E-state index contributed by atoms with van der Waals surface area (Å²) >= 11 is 0. The van der Waals surface area contributed by atoms with Crippen LogP contribution in [0.4, 0.5) is 0 Å². The van der Waals surface area contributed by atoms with Gasteiger partial charge < -0.3 is 15.5 Å². The van der Waals surface area contributed by atoms with Gasteiger partial charge in [-0.25, -0.2) is 0 Å². The van der Waals surface area contributed by atoms with Crippen LogP contribution in [-0.4, -0.2) is 12.5 Å². The maximum atomic E-state index is 11.3. The van der Waals surface area contributed by atoms with Crippen molar-refractivity contribution in [1.29, 1.82) is 0 Å². The SMILES string of the molecule is CC#CCNC(=O)c1ccc(CN)o1. The molecule has 1 heterocycles. The molecule has 1 rings (SSSR count). The average Bonchev–Trinajstić information content (AvgIpc) is 2.66. The number of nitrogens with two attached hydrogens (primary N) is 1. The highest BCUT2D eigenvalue weighted by molar-refractivity contribution is 5.91. The molecule has 1 amide bonds. The van der Waals surface area contributed by atoms with Crippen molar-refractivity contribution in [2.45, 2.75) is 13.5 Å². The minimum Gasteiger partial charge on any atom is -0.455 e. The lowest BCUT2D eigenvalue weighted by Crippen LogP contribution is -2.22. The van der Waals surface area contributed by atoms with E-state index in [4.69, 9.17) is 10.2 Å². The molecule has 0 aliphatic rings. The molecule has 0 saturated carbocycles. The average molecular weight is 192 g/mol. The van der Waals surface area contributed by atoms with E-state index in [2.05, 4.69) is 17.2 Å². The highest BCUT2D eigenvalue weighted by Crippen LogP contribution is 2.06. The van der Waals surface area contributed by atoms with Gasteiger partial charge in [-0.15, -0.1) is 5.92 Å². The van der Waals surface area contributed by atoms with Gasteiger partial charge >= 0.3 is 0 Å². The molecule has 0 aliphatic carbocycles. The summed E-state index contributed by atoms with van der Waals surface area (Å²) in [4.78, 5) is 11.3. The van der Waals surface area contributed by atoms with E-state index in [-0.39, 0.29) is 11.7 Å². The van der Waals surface area contributed by atoms with Gasteiger partial charge in [-0.3, -0.25) is 4.79 Å². The Morgan fingerprint density at radius 2 is 2.43 bits per heavy atom. The maximum absolute atomic E-state index is 11.3. The molecule has 1 aromatic rings. The van der Waals surface area contributed by atoms with E-state index in [9.17, 15) is 4.79 Å². The maximum Gasteiger partial charge on any atom is 0.287 e. The largest absolute Gasteiger partial charge is 0.455 e. The summed E-state index contributed by atoms with van der Waals surface area (Å²) in [7, 11) is 0. The Bertz CT molecular complexity index is 371. The molecule has 0 spiro atoms. The van der Waals surface area contributed by atoms with Crippen LogP contribution in [0.3, 0.4) is 0 Å². The monoisotopic (exact) mass is 192 g/mol. The first-order chi connectivity index (χ1) is 6.77. The minimum atomic E-state index is -0.271. The second kappa shape index (κ2) is 5.10. The summed E-state index contributed by atoms with van der Waals surface area (Å²) in [6, 6.07) is 3.28. The van der Waals surface area contributed by atoms with Gasteiger partial charge in [-0.1, -0.05) is 5.92 Å². The standard InChI is InChI=1S/C10H12N2O2/c1-2-3-6-12-10(13)9-5-4-8(7-11)14-9/h4-5H,6-7,11H2,1H3,(H,12,13). The van der Waals surface area contributed by atoms with E-state index in [1.807, 2.05) is 0 Å². The zero-order valence-corrected chi connectivity index (χ0v) is 7.96. The summed E-state index contributed by atoms with van der Waals surface area (Å²) < 4.78 is 5.14. The zero-order valence-electron chi connectivity index (χ0n) is 7.96. The lowest BCUT2D eigenvalue weighted by atomic mass is 10.4. The highest BCUT2D eigenvalue weighted by Gasteiger charge is 2.08. The molecule has 3 N–H and O–H groups in total. The second-order valence-corrected chi connectivity index (χ2v) is 2.58. The second-order valence-electron chi connectivity index (χ2n) is 2.58. The van der Waals surface area contributed by atoms with Gasteiger partial charge in [-0.2, -0.15) is 0 Å². The lowest BCUT2D eigenvalue weighted by Gasteiger charge is -1.96. The van der Waals surface area contributed by atoms with Crippen LogP contribution in [0, 0.1) is 11.8 Å². The molecule has 0 aliphatic heterocycles. The Kier molecular flexibility index (Phi) is 3.77. The number of furan rings is 1. The Labute approximate surface area is 82.5 Å².